The molecule has 2 heterocycles. The van der Waals surface area contributed by atoms with Crippen molar-refractivity contribution in [3.05, 3.63) is 11.8 Å². The van der Waals surface area contributed by atoms with Crippen LogP contribution in [-0.2, 0) is 0 Å². The van der Waals surface area contributed by atoms with E-state index in [1.807, 2.05) is 6.21 Å². The van der Waals surface area contributed by atoms with Crippen LogP contribution in [0.1, 0.15) is 26.2 Å². The zero-order valence-corrected chi connectivity index (χ0v) is 8.87. The van der Waals surface area contributed by atoms with Crippen molar-refractivity contribution in [3.63, 3.8) is 0 Å². The fourth-order valence-electron chi connectivity index (χ4n) is 2.07. The van der Waals surface area contributed by atoms with Gasteiger partial charge in [-0.3, -0.25) is 10.3 Å². The Morgan fingerprint density at radius 1 is 1.57 bits per heavy atom. The Kier molecular flexibility index (Phi) is 3.19. The van der Waals surface area contributed by atoms with E-state index < -0.39 is 0 Å². The molecule has 0 radical (unpaired) electrons. The van der Waals surface area contributed by atoms with Crippen molar-refractivity contribution >= 4 is 6.21 Å². The molecule has 14 heavy (non-hydrogen) atoms. The van der Waals surface area contributed by atoms with Gasteiger partial charge < -0.3 is 4.90 Å². The lowest BCUT2D eigenvalue weighted by Gasteiger charge is -2.34. The van der Waals surface area contributed by atoms with Gasteiger partial charge in [-0.15, -0.1) is 0 Å². The summed E-state index contributed by atoms with van der Waals surface area (Å²) in [5, 5.41) is 3.39. The van der Waals surface area contributed by atoms with Gasteiger partial charge in [0.1, 0.15) is 6.17 Å². The fourth-order valence-corrected chi connectivity index (χ4v) is 2.07. The summed E-state index contributed by atoms with van der Waals surface area (Å²) in [7, 11) is 0. The molecule has 3 heteroatoms. The standard InChI is InChI=1S/C11H19N3/c1-2-3-4-8-14-9-7-13-11-10(14)5-6-12-11/h5-6,11,13H,2-4,7-9H2,1H3. The Morgan fingerprint density at radius 3 is 3.36 bits per heavy atom. The van der Waals surface area contributed by atoms with Crippen LogP contribution in [0, 0.1) is 0 Å². The number of piperazine rings is 1. The third-order valence-corrected chi connectivity index (χ3v) is 2.88. The molecule has 2 rings (SSSR count). The molecule has 0 spiro atoms. The van der Waals surface area contributed by atoms with Crippen molar-refractivity contribution < 1.29 is 0 Å². The number of nitrogens with one attached hydrogen (secondary N) is 1. The van der Waals surface area contributed by atoms with Crippen molar-refractivity contribution in [2.24, 2.45) is 4.99 Å². The van der Waals surface area contributed by atoms with E-state index in [1.165, 1.54) is 31.5 Å². The summed E-state index contributed by atoms with van der Waals surface area (Å²) < 4.78 is 0. The maximum atomic E-state index is 4.37. The summed E-state index contributed by atoms with van der Waals surface area (Å²) in [6.07, 6.45) is 8.26. The molecule has 0 aliphatic carbocycles. The Bertz CT molecular complexity index is 245. The molecule has 2 aliphatic heterocycles. The fraction of sp³-hybridized carbons (Fsp3) is 0.727. The minimum Gasteiger partial charge on any atom is -0.371 e. The van der Waals surface area contributed by atoms with E-state index >= 15 is 0 Å². The molecule has 1 unspecified atom stereocenters. The van der Waals surface area contributed by atoms with Crippen LogP contribution >= 0.6 is 0 Å². The van der Waals surface area contributed by atoms with Crippen LogP contribution in [0.15, 0.2) is 16.8 Å². The van der Waals surface area contributed by atoms with Crippen molar-refractivity contribution in [2.75, 3.05) is 19.6 Å². The Labute approximate surface area is 85.9 Å². The van der Waals surface area contributed by atoms with E-state index in [9.17, 15) is 0 Å². The molecular weight excluding hydrogens is 174 g/mol. The van der Waals surface area contributed by atoms with E-state index in [-0.39, 0.29) is 6.17 Å². The lowest BCUT2D eigenvalue weighted by molar-refractivity contribution is 0.266. The quantitative estimate of drug-likeness (QED) is 0.683. The summed E-state index contributed by atoms with van der Waals surface area (Å²) in [6.45, 7) is 5.64. The van der Waals surface area contributed by atoms with Crippen LogP contribution in [0.5, 0.6) is 0 Å². The zero-order chi connectivity index (χ0) is 9.80. The predicted octanol–water partition coefficient (Wildman–Crippen LogP) is 1.38. The average molecular weight is 193 g/mol. The van der Waals surface area contributed by atoms with Gasteiger partial charge >= 0.3 is 0 Å². The first-order valence-corrected chi connectivity index (χ1v) is 5.63. The molecule has 0 aromatic carbocycles. The van der Waals surface area contributed by atoms with Gasteiger partial charge in [-0.2, -0.15) is 0 Å². The third-order valence-electron chi connectivity index (χ3n) is 2.88. The van der Waals surface area contributed by atoms with Gasteiger partial charge in [-0.05, 0) is 12.5 Å². The highest BCUT2D eigenvalue weighted by molar-refractivity contribution is 5.75. The second-order valence-electron chi connectivity index (χ2n) is 3.94. The smallest absolute Gasteiger partial charge is 0.140 e. The second kappa shape index (κ2) is 4.60. The van der Waals surface area contributed by atoms with Gasteiger partial charge in [0, 0.05) is 25.8 Å². The summed E-state index contributed by atoms with van der Waals surface area (Å²) in [4.78, 5) is 6.84. The van der Waals surface area contributed by atoms with Crippen molar-refractivity contribution in [1.29, 1.82) is 0 Å². The first kappa shape index (κ1) is 9.71. The van der Waals surface area contributed by atoms with Crippen molar-refractivity contribution in [1.82, 2.24) is 10.2 Å². The molecule has 1 saturated heterocycles. The largest absolute Gasteiger partial charge is 0.371 e. The van der Waals surface area contributed by atoms with E-state index in [0.29, 0.717) is 0 Å². The van der Waals surface area contributed by atoms with E-state index in [1.54, 1.807) is 0 Å². The monoisotopic (exact) mass is 193 g/mol. The Morgan fingerprint density at radius 2 is 2.50 bits per heavy atom. The molecule has 0 saturated carbocycles. The third kappa shape index (κ3) is 1.98. The van der Waals surface area contributed by atoms with Gasteiger partial charge in [0.25, 0.3) is 0 Å². The number of unbranched alkanes of at least 4 members (excludes halogenated alkanes) is 2. The van der Waals surface area contributed by atoms with E-state index in [2.05, 4.69) is 28.2 Å². The number of fused-ring (bicyclic) bond motifs is 1. The lowest BCUT2D eigenvalue weighted by atomic mass is 10.2. The van der Waals surface area contributed by atoms with Crippen molar-refractivity contribution in [2.45, 2.75) is 32.4 Å². The number of hydrogen-bond donors (Lipinski definition) is 1. The Balaban J connectivity index is 1.85. The van der Waals surface area contributed by atoms with Gasteiger partial charge in [0.2, 0.25) is 0 Å². The maximum absolute atomic E-state index is 4.37. The highest BCUT2D eigenvalue weighted by Crippen LogP contribution is 2.18. The first-order valence-electron chi connectivity index (χ1n) is 5.63. The van der Waals surface area contributed by atoms with Crippen LogP contribution in [0.25, 0.3) is 0 Å². The predicted molar refractivity (Wildman–Crippen MR) is 59.5 cm³/mol. The molecule has 0 bridgehead atoms. The molecule has 1 fully saturated rings. The van der Waals surface area contributed by atoms with E-state index in [0.717, 1.165) is 13.1 Å². The van der Waals surface area contributed by atoms with E-state index in [4.69, 9.17) is 0 Å². The molecular formula is C11H19N3. The minimum absolute atomic E-state index is 0.255. The van der Waals surface area contributed by atoms with Crippen LogP contribution in [0.4, 0.5) is 0 Å². The molecule has 1 atom stereocenters. The van der Waals surface area contributed by atoms with Gasteiger partial charge in [-0.1, -0.05) is 19.8 Å². The Hall–Kier alpha value is -0.830. The molecule has 1 N–H and O–H groups in total. The molecule has 0 amide bonds. The summed E-state index contributed by atoms with van der Waals surface area (Å²) in [5.74, 6) is 0. The number of hydrogen-bond acceptors (Lipinski definition) is 3. The molecule has 78 valence electrons. The zero-order valence-electron chi connectivity index (χ0n) is 8.87. The van der Waals surface area contributed by atoms with Crippen molar-refractivity contribution in [3.8, 4) is 0 Å². The average Bonchev–Trinajstić information content (AvgIpc) is 2.67. The highest BCUT2D eigenvalue weighted by Gasteiger charge is 2.24. The normalized spacial score (nSPS) is 25.1. The summed E-state index contributed by atoms with van der Waals surface area (Å²) in [6, 6.07) is 0. The molecule has 0 aromatic rings. The molecule has 3 nitrogen and oxygen atoms in total. The SMILES string of the molecule is CCCCCN1CCNC2N=CC=C21. The van der Waals surface area contributed by atoms with Crippen LogP contribution in [0.2, 0.25) is 0 Å². The van der Waals surface area contributed by atoms with Gasteiger partial charge in [0.05, 0.1) is 5.70 Å². The lowest BCUT2D eigenvalue weighted by Crippen LogP contribution is -2.47. The van der Waals surface area contributed by atoms with Crippen LogP contribution in [0.3, 0.4) is 0 Å². The number of rotatable bonds is 4. The van der Waals surface area contributed by atoms with Gasteiger partial charge in [-0.25, -0.2) is 0 Å². The summed E-state index contributed by atoms with van der Waals surface area (Å²) >= 11 is 0. The highest BCUT2D eigenvalue weighted by atomic mass is 15.3. The molecule has 2 aliphatic rings. The first-order chi connectivity index (χ1) is 6.92. The number of nitrogens with zero attached hydrogens (tertiary/aromatic N) is 2. The summed E-state index contributed by atoms with van der Waals surface area (Å²) in [5.41, 5.74) is 1.37. The van der Waals surface area contributed by atoms with Gasteiger partial charge in [0.15, 0.2) is 0 Å². The topological polar surface area (TPSA) is 27.6 Å². The second-order valence-corrected chi connectivity index (χ2v) is 3.94. The van der Waals surface area contributed by atoms with Crippen LogP contribution < -0.4 is 5.32 Å². The molecule has 0 aromatic heterocycles. The minimum atomic E-state index is 0.255. The number of allylic oxidation sites excluding steroid dienone is 1. The number of aliphatic imine (C=N–C) groups is 1. The maximum Gasteiger partial charge on any atom is 0.140 e. The van der Waals surface area contributed by atoms with Crippen LogP contribution in [-0.4, -0.2) is 36.9 Å².